The van der Waals surface area contributed by atoms with Crippen LogP contribution in [-0.4, -0.2) is 18.4 Å². The van der Waals surface area contributed by atoms with Gasteiger partial charge in [0.15, 0.2) is 0 Å². The molecular formula is C17H22N2O2S2. The molecule has 23 heavy (non-hydrogen) atoms. The van der Waals surface area contributed by atoms with E-state index in [-0.39, 0.29) is 29.8 Å². The molecule has 2 amide bonds. The highest BCUT2D eigenvalue weighted by Gasteiger charge is 2.28. The van der Waals surface area contributed by atoms with Crippen LogP contribution in [-0.2, 0) is 4.79 Å². The fourth-order valence-corrected chi connectivity index (χ4v) is 3.99. The minimum Gasteiger partial charge on any atom is -0.346 e. The second-order valence-corrected chi connectivity index (χ2v) is 8.74. The van der Waals surface area contributed by atoms with Gasteiger partial charge in [0.25, 0.3) is 5.91 Å². The van der Waals surface area contributed by atoms with Crippen LogP contribution in [0.1, 0.15) is 46.2 Å². The smallest absolute Gasteiger partial charge is 0.261 e. The average molecular weight is 351 g/mol. The largest absolute Gasteiger partial charge is 0.346 e. The van der Waals surface area contributed by atoms with E-state index in [1.807, 2.05) is 30.5 Å². The Bertz CT molecular complexity index is 669. The summed E-state index contributed by atoms with van der Waals surface area (Å²) in [4.78, 5) is 27.0. The van der Waals surface area contributed by atoms with Gasteiger partial charge in [-0.05, 0) is 35.9 Å². The van der Waals surface area contributed by atoms with Crippen molar-refractivity contribution in [3.63, 3.8) is 0 Å². The number of nitrogens with one attached hydrogen (secondary N) is 2. The summed E-state index contributed by atoms with van der Waals surface area (Å²) in [7, 11) is 0. The molecule has 0 fully saturated rings. The van der Waals surface area contributed by atoms with Crippen LogP contribution in [0, 0.1) is 12.3 Å². The Labute approximate surface area is 144 Å². The lowest BCUT2D eigenvalue weighted by atomic mass is 9.85. The predicted octanol–water partition coefficient (Wildman–Crippen LogP) is 3.75. The predicted molar refractivity (Wildman–Crippen MR) is 96.0 cm³/mol. The maximum Gasteiger partial charge on any atom is 0.261 e. The van der Waals surface area contributed by atoms with Crippen LogP contribution in [0.5, 0.6) is 0 Å². The highest BCUT2D eigenvalue weighted by atomic mass is 32.1. The second kappa shape index (κ2) is 7.27. The van der Waals surface area contributed by atoms with Crippen molar-refractivity contribution in [3.05, 3.63) is 44.3 Å². The monoisotopic (exact) mass is 350 g/mol. The molecule has 0 aliphatic rings. The lowest BCUT2D eigenvalue weighted by Crippen LogP contribution is -2.42. The zero-order chi connectivity index (χ0) is 17.0. The lowest BCUT2D eigenvalue weighted by Gasteiger charge is -2.30. The average Bonchev–Trinajstić information content (AvgIpc) is 3.12. The number of aryl methyl sites for hydroxylation is 1. The van der Waals surface area contributed by atoms with Gasteiger partial charge in [-0.15, -0.1) is 22.7 Å². The summed E-state index contributed by atoms with van der Waals surface area (Å²) < 4.78 is 0. The molecule has 2 N–H and O–H groups in total. The molecule has 2 rings (SSSR count). The van der Waals surface area contributed by atoms with Gasteiger partial charge in [-0.1, -0.05) is 26.8 Å². The van der Waals surface area contributed by atoms with Crippen molar-refractivity contribution >= 4 is 34.5 Å². The number of amides is 2. The molecule has 2 aromatic rings. The molecule has 0 aromatic carbocycles. The minimum absolute atomic E-state index is 0.0201. The first kappa shape index (κ1) is 17.7. The molecular weight excluding hydrogens is 328 g/mol. The standard InChI is InChI=1S/C17H22N2O2S2/c1-11-7-8-13(23-11)16(21)18-10-14(20)19-15(17(2,3)4)12-6-5-9-22-12/h5-9,15H,10H2,1-4H3,(H,18,21)(H,19,20). The van der Waals surface area contributed by atoms with Crippen LogP contribution >= 0.6 is 22.7 Å². The number of carbonyl (C=O) groups excluding carboxylic acids is 2. The summed E-state index contributed by atoms with van der Waals surface area (Å²) in [5.74, 6) is -0.387. The van der Waals surface area contributed by atoms with Gasteiger partial charge in [-0.25, -0.2) is 0 Å². The summed E-state index contributed by atoms with van der Waals surface area (Å²) in [5.41, 5.74) is -0.102. The van der Waals surface area contributed by atoms with E-state index in [2.05, 4.69) is 31.4 Å². The number of thiophene rings is 2. The molecule has 0 aliphatic carbocycles. The maximum atomic E-state index is 12.2. The number of rotatable bonds is 5. The van der Waals surface area contributed by atoms with Gasteiger partial charge in [0.05, 0.1) is 17.5 Å². The Hall–Kier alpha value is -1.66. The first-order valence-corrected chi connectivity index (χ1v) is 9.14. The van der Waals surface area contributed by atoms with Crippen molar-refractivity contribution in [3.8, 4) is 0 Å². The molecule has 1 atom stereocenters. The summed E-state index contributed by atoms with van der Waals surface area (Å²) in [6.07, 6.45) is 0. The van der Waals surface area contributed by atoms with Crippen molar-refractivity contribution in [2.24, 2.45) is 5.41 Å². The van der Waals surface area contributed by atoms with Crippen LogP contribution in [0.15, 0.2) is 29.6 Å². The Kier molecular flexibility index (Phi) is 5.59. The van der Waals surface area contributed by atoms with Crippen LogP contribution in [0.2, 0.25) is 0 Å². The third-order valence-corrected chi connectivity index (χ3v) is 5.31. The number of carbonyl (C=O) groups is 2. The quantitative estimate of drug-likeness (QED) is 0.863. The van der Waals surface area contributed by atoms with Crippen molar-refractivity contribution in [2.45, 2.75) is 33.7 Å². The molecule has 1 unspecified atom stereocenters. The molecule has 0 radical (unpaired) electrons. The Morgan fingerprint density at radius 3 is 2.48 bits per heavy atom. The molecule has 2 heterocycles. The fraction of sp³-hybridized carbons (Fsp3) is 0.412. The number of hydrogen-bond acceptors (Lipinski definition) is 4. The summed E-state index contributed by atoms with van der Waals surface area (Å²) in [6, 6.07) is 7.60. The lowest BCUT2D eigenvalue weighted by molar-refractivity contribution is -0.121. The fourth-order valence-electron chi connectivity index (χ4n) is 2.19. The van der Waals surface area contributed by atoms with Crippen LogP contribution in [0.25, 0.3) is 0 Å². The second-order valence-electron chi connectivity index (χ2n) is 6.47. The van der Waals surface area contributed by atoms with Crippen molar-refractivity contribution < 1.29 is 9.59 Å². The van der Waals surface area contributed by atoms with E-state index >= 15 is 0 Å². The van der Waals surface area contributed by atoms with Gasteiger partial charge < -0.3 is 10.6 Å². The molecule has 0 saturated carbocycles. The van der Waals surface area contributed by atoms with Gasteiger partial charge in [0.1, 0.15) is 0 Å². The van der Waals surface area contributed by atoms with E-state index in [1.165, 1.54) is 11.3 Å². The Balaban J connectivity index is 1.93. The molecule has 0 spiro atoms. The molecule has 124 valence electrons. The minimum atomic E-state index is -0.207. The molecule has 6 heteroatoms. The zero-order valence-corrected chi connectivity index (χ0v) is 15.4. The van der Waals surface area contributed by atoms with E-state index < -0.39 is 0 Å². The van der Waals surface area contributed by atoms with Gasteiger partial charge in [0.2, 0.25) is 5.91 Å². The molecule has 4 nitrogen and oxygen atoms in total. The molecule has 0 bridgehead atoms. The Morgan fingerprint density at radius 2 is 1.96 bits per heavy atom. The molecule has 0 saturated heterocycles. The summed E-state index contributed by atoms with van der Waals surface area (Å²) >= 11 is 3.05. The third kappa shape index (κ3) is 4.91. The summed E-state index contributed by atoms with van der Waals surface area (Å²) in [6.45, 7) is 8.19. The van der Waals surface area contributed by atoms with Crippen molar-refractivity contribution in [1.29, 1.82) is 0 Å². The molecule has 0 aliphatic heterocycles. The number of hydrogen-bond donors (Lipinski definition) is 2. The first-order valence-electron chi connectivity index (χ1n) is 7.45. The van der Waals surface area contributed by atoms with Crippen LogP contribution < -0.4 is 10.6 Å². The summed E-state index contributed by atoms with van der Waals surface area (Å²) in [5, 5.41) is 7.71. The van der Waals surface area contributed by atoms with Gasteiger partial charge in [0, 0.05) is 9.75 Å². The van der Waals surface area contributed by atoms with Gasteiger partial charge in [-0.2, -0.15) is 0 Å². The van der Waals surface area contributed by atoms with Crippen LogP contribution in [0.3, 0.4) is 0 Å². The maximum absolute atomic E-state index is 12.2. The van der Waals surface area contributed by atoms with E-state index in [0.29, 0.717) is 4.88 Å². The van der Waals surface area contributed by atoms with E-state index in [0.717, 1.165) is 9.75 Å². The normalized spacial score (nSPS) is 12.7. The van der Waals surface area contributed by atoms with E-state index in [1.54, 1.807) is 17.4 Å². The SMILES string of the molecule is Cc1ccc(C(=O)NCC(=O)NC(c2cccs2)C(C)(C)C)s1. The highest BCUT2D eigenvalue weighted by Crippen LogP contribution is 2.34. The first-order chi connectivity index (χ1) is 10.8. The Morgan fingerprint density at radius 1 is 1.22 bits per heavy atom. The van der Waals surface area contributed by atoms with E-state index in [4.69, 9.17) is 0 Å². The van der Waals surface area contributed by atoms with Gasteiger partial charge >= 0.3 is 0 Å². The van der Waals surface area contributed by atoms with Gasteiger partial charge in [-0.3, -0.25) is 9.59 Å². The third-order valence-electron chi connectivity index (χ3n) is 3.37. The molecule has 2 aromatic heterocycles. The van der Waals surface area contributed by atoms with Crippen LogP contribution in [0.4, 0.5) is 0 Å². The van der Waals surface area contributed by atoms with Crippen molar-refractivity contribution in [2.75, 3.05) is 6.54 Å². The zero-order valence-electron chi connectivity index (χ0n) is 13.8. The topological polar surface area (TPSA) is 58.2 Å². The van der Waals surface area contributed by atoms with Crippen molar-refractivity contribution in [1.82, 2.24) is 10.6 Å². The van der Waals surface area contributed by atoms with E-state index in [9.17, 15) is 9.59 Å². The highest BCUT2D eigenvalue weighted by molar-refractivity contribution is 7.13.